The smallest absolute Gasteiger partial charge is 0.412 e. The number of nitriles is 1. The molecule has 1 heterocycles. The highest BCUT2D eigenvalue weighted by Gasteiger charge is 2.46. The molecule has 0 radical (unpaired) electrons. The Kier molecular flexibility index (Phi) is 5.64. The van der Waals surface area contributed by atoms with Crippen LogP contribution in [0.5, 0.6) is 0 Å². The molecule has 0 spiro atoms. The van der Waals surface area contributed by atoms with Crippen LogP contribution in [0.2, 0.25) is 0 Å². The lowest BCUT2D eigenvalue weighted by Crippen LogP contribution is -2.50. The van der Waals surface area contributed by atoms with Gasteiger partial charge in [0.25, 0.3) is 0 Å². The number of hydrogen-bond acceptors (Lipinski definition) is 3. The minimum atomic E-state index is -0.121. The first-order valence-corrected chi connectivity index (χ1v) is 7.38. The third kappa shape index (κ3) is 3.84. The van der Waals surface area contributed by atoms with Crippen LogP contribution in [-0.2, 0) is 4.65 Å². The van der Waals surface area contributed by atoms with Crippen LogP contribution in [0.3, 0.4) is 0 Å². The molecule has 19 heavy (non-hydrogen) atoms. The molecule has 0 N–H and O–H groups in total. The summed E-state index contributed by atoms with van der Waals surface area (Å²) in [6.07, 6.45) is 4.70. The van der Waals surface area contributed by atoms with Crippen molar-refractivity contribution in [3.63, 3.8) is 0 Å². The summed E-state index contributed by atoms with van der Waals surface area (Å²) >= 11 is 0. The summed E-state index contributed by atoms with van der Waals surface area (Å²) in [5.74, 6) is 0. The Morgan fingerprint density at radius 3 is 2.42 bits per heavy atom. The lowest BCUT2D eigenvalue weighted by Gasteiger charge is -2.35. The van der Waals surface area contributed by atoms with Gasteiger partial charge in [0.05, 0.1) is 11.7 Å². The standard InChI is InChI=1S/C15H27BN2O/c1-7-9-15(6)11-14(8-10-17)16(19-15)18(12(2)3)13(4)5/h8,12-13H,7,9,11H2,1-6H3/b14-8+. The second-order valence-electron chi connectivity index (χ2n) is 6.33. The van der Waals surface area contributed by atoms with Crippen LogP contribution >= 0.6 is 0 Å². The number of allylic oxidation sites excluding steroid dienone is 1. The molecule has 1 atom stereocenters. The van der Waals surface area contributed by atoms with E-state index >= 15 is 0 Å². The first-order valence-electron chi connectivity index (χ1n) is 7.38. The molecule has 1 unspecified atom stereocenters. The molecule has 1 aliphatic heterocycles. The summed E-state index contributed by atoms with van der Waals surface area (Å²) in [6, 6.07) is 2.98. The van der Waals surface area contributed by atoms with Crippen LogP contribution in [0, 0.1) is 11.3 Å². The van der Waals surface area contributed by atoms with Crippen LogP contribution in [0.4, 0.5) is 0 Å². The maximum absolute atomic E-state index is 9.00. The number of nitrogens with zero attached hydrogens (tertiary/aromatic N) is 2. The van der Waals surface area contributed by atoms with Crippen LogP contribution < -0.4 is 0 Å². The molecule has 1 aliphatic rings. The van der Waals surface area contributed by atoms with Gasteiger partial charge in [-0.15, -0.1) is 0 Å². The van der Waals surface area contributed by atoms with Gasteiger partial charge in [0.15, 0.2) is 0 Å². The normalized spacial score (nSPS) is 25.9. The number of rotatable bonds is 5. The van der Waals surface area contributed by atoms with Crippen molar-refractivity contribution in [2.45, 2.75) is 78.5 Å². The molecule has 0 aliphatic carbocycles. The summed E-state index contributed by atoms with van der Waals surface area (Å²) in [5.41, 5.74) is 1.00. The van der Waals surface area contributed by atoms with E-state index in [1.165, 1.54) is 0 Å². The van der Waals surface area contributed by atoms with E-state index in [9.17, 15) is 0 Å². The fourth-order valence-electron chi connectivity index (χ4n) is 3.18. The van der Waals surface area contributed by atoms with E-state index in [0.29, 0.717) is 12.1 Å². The van der Waals surface area contributed by atoms with E-state index in [-0.39, 0.29) is 12.7 Å². The van der Waals surface area contributed by atoms with E-state index in [1.807, 2.05) is 0 Å². The van der Waals surface area contributed by atoms with Crippen molar-refractivity contribution >= 4 is 7.05 Å². The van der Waals surface area contributed by atoms with Gasteiger partial charge in [0.2, 0.25) is 0 Å². The Morgan fingerprint density at radius 1 is 1.42 bits per heavy atom. The Labute approximate surface area is 118 Å². The van der Waals surface area contributed by atoms with Crippen molar-refractivity contribution in [2.75, 3.05) is 0 Å². The molecule has 0 aromatic rings. The summed E-state index contributed by atoms with van der Waals surface area (Å²) in [4.78, 5) is 2.35. The third-order valence-electron chi connectivity index (χ3n) is 3.78. The highest BCUT2D eigenvalue weighted by atomic mass is 16.5. The summed E-state index contributed by atoms with van der Waals surface area (Å²) < 4.78 is 6.35. The summed E-state index contributed by atoms with van der Waals surface area (Å²) in [5, 5.41) is 9.00. The SMILES string of the molecule is CCCC1(C)C/C(=C\C#N)B(N(C(C)C)C(C)C)O1. The first-order chi connectivity index (χ1) is 8.84. The van der Waals surface area contributed by atoms with Gasteiger partial charge in [-0.1, -0.05) is 41.0 Å². The topological polar surface area (TPSA) is 36.3 Å². The zero-order valence-corrected chi connectivity index (χ0v) is 13.2. The highest BCUT2D eigenvalue weighted by molar-refractivity contribution is 6.58. The maximum Gasteiger partial charge on any atom is 0.416 e. The van der Waals surface area contributed by atoms with Gasteiger partial charge in [-0.2, -0.15) is 5.26 Å². The average Bonchev–Trinajstić information content (AvgIpc) is 2.55. The van der Waals surface area contributed by atoms with Crippen molar-refractivity contribution in [2.24, 2.45) is 0 Å². The van der Waals surface area contributed by atoms with Crippen LogP contribution in [0.25, 0.3) is 0 Å². The van der Waals surface area contributed by atoms with E-state index in [2.05, 4.69) is 52.4 Å². The molecule has 1 fully saturated rings. The fourth-order valence-corrected chi connectivity index (χ4v) is 3.18. The molecule has 3 nitrogen and oxygen atoms in total. The summed E-state index contributed by atoms with van der Waals surface area (Å²) in [7, 11) is -0.0452. The molecule has 1 saturated heterocycles. The molecule has 0 amide bonds. The van der Waals surface area contributed by atoms with Crippen LogP contribution in [0.1, 0.15) is 60.8 Å². The fraction of sp³-hybridized carbons (Fsp3) is 0.800. The average molecular weight is 262 g/mol. The molecular weight excluding hydrogens is 235 g/mol. The minimum Gasteiger partial charge on any atom is -0.412 e. The Balaban J connectivity index is 3.03. The second kappa shape index (κ2) is 6.59. The molecule has 0 aromatic heterocycles. The van der Waals surface area contributed by atoms with E-state index < -0.39 is 0 Å². The molecular formula is C15H27BN2O. The lowest BCUT2D eigenvalue weighted by atomic mass is 9.69. The summed E-state index contributed by atoms with van der Waals surface area (Å²) in [6.45, 7) is 13.1. The zero-order chi connectivity index (χ0) is 14.6. The highest BCUT2D eigenvalue weighted by Crippen LogP contribution is 2.38. The Hall–Kier alpha value is -0.785. The van der Waals surface area contributed by atoms with Crippen molar-refractivity contribution in [1.29, 1.82) is 5.26 Å². The van der Waals surface area contributed by atoms with Crippen molar-refractivity contribution in [1.82, 2.24) is 4.81 Å². The maximum atomic E-state index is 9.00. The van der Waals surface area contributed by atoms with Crippen LogP contribution in [-0.4, -0.2) is 29.5 Å². The van der Waals surface area contributed by atoms with Gasteiger partial charge >= 0.3 is 7.05 Å². The zero-order valence-electron chi connectivity index (χ0n) is 13.2. The Bertz CT molecular complexity index is 365. The van der Waals surface area contributed by atoms with Gasteiger partial charge in [0, 0.05) is 6.08 Å². The second-order valence-corrected chi connectivity index (χ2v) is 6.33. The van der Waals surface area contributed by atoms with E-state index in [4.69, 9.17) is 9.92 Å². The van der Waals surface area contributed by atoms with E-state index in [1.54, 1.807) is 6.08 Å². The monoisotopic (exact) mass is 262 g/mol. The van der Waals surface area contributed by atoms with E-state index in [0.717, 1.165) is 24.7 Å². The van der Waals surface area contributed by atoms with Gasteiger partial charge in [-0.3, -0.25) is 0 Å². The molecule has 0 saturated carbocycles. The Morgan fingerprint density at radius 2 is 2.00 bits per heavy atom. The molecule has 106 valence electrons. The van der Waals surface area contributed by atoms with Crippen molar-refractivity contribution < 1.29 is 4.65 Å². The largest absolute Gasteiger partial charge is 0.416 e. The predicted molar refractivity (Wildman–Crippen MR) is 80.6 cm³/mol. The minimum absolute atomic E-state index is 0.0452. The van der Waals surface area contributed by atoms with Crippen LogP contribution in [0.15, 0.2) is 11.5 Å². The van der Waals surface area contributed by atoms with Gasteiger partial charge in [-0.25, -0.2) is 0 Å². The molecule has 0 aromatic carbocycles. The number of hydrogen-bond donors (Lipinski definition) is 0. The molecule has 4 heteroatoms. The van der Waals surface area contributed by atoms with Crippen molar-refractivity contribution in [3.8, 4) is 6.07 Å². The predicted octanol–water partition coefficient (Wildman–Crippen LogP) is 3.56. The molecule has 0 bridgehead atoms. The van der Waals surface area contributed by atoms with Gasteiger partial charge < -0.3 is 9.47 Å². The van der Waals surface area contributed by atoms with Gasteiger partial charge in [0.1, 0.15) is 0 Å². The van der Waals surface area contributed by atoms with Gasteiger partial charge in [-0.05, 0) is 37.3 Å². The molecule has 1 rings (SSSR count). The van der Waals surface area contributed by atoms with Crippen molar-refractivity contribution in [3.05, 3.63) is 11.5 Å². The third-order valence-corrected chi connectivity index (χ3v) is 3.78. The quantitative estimate of drug-likeness (QED) is 0.561. The lowest BCUT2D eigenvalue weighted by molar-refractivity contribution is 0.0803. The first kappa shape index (κ1) is 16.3.